The van der Waals surface area contributed by atoms with E-state index in [4.69, 9.17) is 5.11 Å². The second-order valence-corrected chi connectivity index (χ2v) is 3.29. The molecule has 0 amide bonds. The number of ketones is 1. The lowest BCUT2D eigenvalue weighted by molar-refractivity contribution is -0.114. The van der Waals surface area contributed by atoms with E-state index in [0.29, 0.717) is 5.75 Å². The van der Waals surface area contributed by atoms with E-state index >= 15 is 0 Å². The highest BCUT2D eigenvalue weighted by Crippen LogP contribution is 2.03. The highest BCUT2D eigenvalue weighted by molar-refractivity contribution is 7.99. The summed E-state index contributed by atoms with van der Waals surface area (Å²) in [6.07, 6.45) is 1.86. The summed E-state index contributed by atoms with van der Waals surface area (Å²) in [5.41, 5.74) is 0. The maximum Gasteiger partial charge on any atom is 0.139 e. The summed E-state index contributed by atoms with van der Waals surface area (Å²) in [6.45, 7) is 1.86. The Kier molecular flexibility index (Phi) is 7.08. The molecule has 0 fully saturated rings. The van der Waals surface area contributed by atoms with Gasteiger partial charge in [0, 0.05) is 6.61 Å². The van der Waals surface area contributed by atoms with E-state index in [1.807, 2.05) is 0 Å². The number of rotatable bonds is 6. The van der Waals surface area contributed by atoms with Crippen LogP contribution >= 0.6 is 11.8 Å². The molecule has 0 spiro atoms. The van der Waals surface area contributed by atoms with Crippen molar-refractivity contribution in [2.45, 2.75) is 19.8 Å². The van der Waals surface area contributed by atoms with Crippen molar-refractivity contribution in [1.82, 2.24) is 0 Å². The Morgan fingerprint density at radius 1 is 1.50 bits per heavy atom. The molecule has 0 aliphatic rings. The average Bonchev–Trinajstić information content (AvgIpc) is 1.87. The first-order valence-electron chi connectivity index (χ1n) is 3.45. The fourth-order valence-electron chi connectivity index (χ4n) is 0.532. The van der Waals surface area contributed by atoms with Crippen molar-refractivity contribution in [2.24, 2.45) is 0 Å². The van der Waals surface area contributed by atoms with Crippen LogP contribution in [0.15, 0.2) is 0 Å². The molecule has 0 atom stereocenters. The van der Waals surface area contributed by atoms with Crippen LogP contribution in [0.3, 0.4) is 0 Å². The van der Waals surface area contributed by atoms with Gasteiger partial charge in [0.25, 0.3) is 0 Å². The Morgan fingerprint density at radius 3 is 2.70 bits per heavy atom. The molecule has 0 rings (SSSR count). The molecule has 0 heterocycles. The number of aliphatic hydroxyl groups excluding tert-OH is 1. The van der Waals surface area contributed by atoms with Crippen LogP contribution in [0.5, 0.6) is 0 Å². The zero-order chi connectivity index (χ0) is 7.82. The summed E-state index contributed by atoms with van der Waals surface area (Å²) in [4.78, 5) is 10.4. The second-order valence-electron chi connectivity index (χ2n) is 2.19. The zero-order valence-electron chi connectivity index (χ0n) is 6.30. The first kappa shape index (κ1) is 9.98. The van der Waals surface area contributed by atoms with Gasteiger partial charge in [-0.3, -0.25) is 4.79 Å². The van der Waals surface area contributed by atoms with Gasteiger partial charge < -0.3 is 5.11 Å². The van der Waals surface area contributed by atoms with Crippen LogP contribution in [0.2, 0.25) is 0 Å². The summed E-state index contributed by atoms with van der Waals surface area (Å²) in [5, 5.41) is 8.40. The number of carbonyl (C=O) groups excluding carboxylic acids is 1. The summed E-state index contributed by atoms with van der Waals surface area (Å²) in [5.74, 6) is 1.83. The first-order valence-corrected chi connectivity index (χ1v) is 4.61. The minimum Gasteiger partial charge on any atom is -0.396 e. The Morgan fingerprint density at radius 2 is 2.20 bits per heavy atom. The summed E-state index contributed by atoms with van der Waals surface area (Å²) in [7, 11) is 0. The minimum absolute atomic E-state index is 0.231. The molecular weight excluding hydrogens is 148 g/mol. The number of carbonyl (C=O) groups is 1. The summed E-state index contributed by atoms with van der Waals surface area (Å²) in [6, 6.07) is 0. The summed E-state index contributed by atoms with van der Waals surface area (Å²) < 4.78 is 0. The van der Waals surface area contributed by atoms with Crippen molar-refractivity contribution in [1.29, 1.82) is 0 Å². The predicted octanol–water partition coefficient (Wildman–Crippen LogP) is 1.08. The average molecular weight is 162 g/mol. The van der Waals surface area contributed by atoms with Crippen LogP contribution < -0.4 is 0 Å². The second kappa shape index (κ2) is 7.09. The lowest BCUT2D eigenvalue weighted by Crippen LogP contribution is -1.95. The van der Waals surface area contributed by atoms with E-state index in [0.717, 1.165) is 18.6 Å². The monoisotopic (exact) mass is 162 g/mol. The minimum atomic E-state index is 0.231. The SMILES string of the molecule is CC(=O)CSCCCCO. The predicted molar refractivity (Wildman–Crippen MR) is 44.3 cm³/mol. The van der Waals surface area contributed by atoms with Crippen LogP contribution in [0.1, 0.15) is 19.8 Å². The van der Waals surface area contributed by atoms with Crippen molar-refractivity contribution in [2.75, 3.05) is 18.1 Å². The first-order chi connectivity index (χ1) is 4.77. The lowest BCUT2D eigenvalue weighted by Gasteiger charge is -1.95. The highest BCUT2D eigenvalue weighted by Gasteiger charge is 1.92. The summed E-state index contributed by atoms with van der Waals surface area (Å²) >= 11 is 1.64. The topological polar surface area (TPSA) is 37.3 Å². The number of hydrogen-bond acceptors (Lipinski definition) is 3. The number of hydrogen-bond donors (Lipinski definition) is 1. The fraction of sp³-hybridized carbons (Fsp3) is 0.857. The molecule has 3 heteroatoms. The van der Waals surface area contributed by atoms with Gasteiger partial charge in [-0.25, -0.2) is 0 Å². The molecule has 0 saturated heterocycles. The van der Waals surface area contributed by atoms with Crippen LogP contribution in [-0.4, -0.2) is 29.0 Å². The molecule has 0 aromatic rings. The third kappa shape index (κ3) is 7.98. The molecule has 0 bridgehead atoms. The molecule has 0 radical (unpaired) electrons. The van der Waals surface area contributed by atoms with Crippen LogP contribution in [-0.2, 0) is 4.79 Å². The van der Waals surface area contributed by atoms with Gasteiger partial charge in [0.1, 0.15) is 5.78 Å². The zero-order valence-corrected chi connectivity index (χ0v) is 7.12. The van der Waals surface area contributed by atoms with Crippen molar-refractivity contribution >= 4 is 17.5 Å². The highest BCUT2D eigenvalue weighted by atomic mass is 32.2. The van der Waals surface area contributed by atoms with E-state index < -0.39 is 0 Å². The van der Waals surface area contributed by atoms with Gasteiger partial charge in [-0.15, -0.1) is 0 Å². The molecule has 0 aliphatic heterocycles. The van der Waals surface area contributed by atoms with E-state index in [-0.39, 0.29) is 12.4 Å². The molecule has 0 aromatic heterocycles. The Bertz CT molecular complexity index is 93.6. The quantitative estimate of drug-likeness (QED) is 0.594. The van der Waals surface area contributed by atoms with Gasteiger partial charge in [-0.2, -0.15) is 11.8 Å². The molecule has 0 aromatic carbocycles. The van der Waals surface area contributed by atoms with Crippen molar-refractivity contribution in [3.63, 3.8) is 0 Å². The third-order valence-electron chi connectivity index (χ3n) is 1.00. The normalized spacial score (nSPS) is 9.80. The van der Waals surface area contributed by atoms with Crippen LogP contribution in [0.4, 0.5) is 0 Å². The Balaban J connectivity index is 2.84. The standard InChI is InChI=1S/C7H14O2S/c1-7(9)6-10-5-3-2-4-8/h8H,2-6H2,1H3. The third-order valence-corrected chi connectivity index (χ3v) is 2.19. The maximum absolute atomic E-state index is 10.4. The van der Waals surface area contributed by atoms with Gasteiger partial charge in [-0.1, -0.05) is 0 Å². The molecule has 0 unspecified atom stereocenters. The van der Waals surface area contributed by atoms with Gasteiger partial charge in [-0.05, 0) is 25.5 Å². The van der Waals surface area contributed by atoms with Gasteiger partial charge in [0.15, 0.2) is 0 Å². The number of Topliss-reactive ketones (excluding diaryl/α,β-unsaturated/α-hetero) is 1. The Hall–Kier alpha value is -0.0200. The van der Waals surface area contributed by atoms with Crippen molar-refractivity contribution in [3.05, 3.63) is 0 Å². The molecule has 0 saturated carbocycles. The van der Waals surface area contributed by atoms with Crippen LogP contribution in [0.25, 0.3) is 0 Å². The molecule has 10 heavy (non-hydrogen) atoms. The number of thioether (sulfide) groups is 1. The van der Waals surface area contributed by atoms with Crippen LogP contribution in [0, 0.1) is 0 Å². The molecule has 2 nitrogen and oxygen atoms in total. The fourth-order valence-corrected chi connectivity index (χ4v) is 1.37. The van der Waals surface area contributed by atoms with Gasteiger partial charge in [0.05, 0.1) is 5.75 Å². The Labute approximate surface area is 66.0 Å². The smallest absolute Gasteiger partial charge is 0.139 e. The van der Waals surface area contributed by atoms with Gasteiger partial charge in [0.2, 0.25) is 0 Å². The maximum atomic E-state index is 10.4. The molecule has 0 aliphatic carbocycles. The van der Waals surface area contributed by atoms with E-state index in [1.165, 1.54) is 0 Å². The lowest BCUT2D eigenvalue weighted by atomic mass is 10.4. The number of aliphatic hydroxyl groups is 1. The molecule has 1 N–H and O–H groups in total. The van der Waals surface area contributed by atoms with E-state index in [9.17, 15) is 4.79 Å². The largest absolute Gasteiger partial charge is 0.396 e. The van der Waals surface area contributed by atoms with E-state index in [2.05, 4.69) is 0 Å². The van der Waals surface area contributed by atoms with Crippen molar-refractivity contribution in [3.8, 4) is 0 Å². The number of unbranched alkanes of at least 4 members (excludes halogenated alkanes) is 1. The van der Waals surface area contributed by atoms with Gasteiger partial charge >= 0.3 is 0 Å². The molecular formula is C7H14O2S. The van der Waals surface area contributed by atoms with E-state index in [1.54, 1.807) is 18.7 Å². The van der Waals surface area contributed by atoms with Crippen molar-refractivity contribution < 1.29 is 9.90 Å². The molecule has 60 valence electrons.